The van der Waals surface area contributed by atoms with Gasteiger partial charge in [-0.05, 0) is 95.1 Å². The number of likely N-dealkylation sites (tertiary alicyclic amines) is 2. The zero-order chi connectivity index (χ0) is 24.5. The van der Waals surface area contributed by atoms with Crippen LogP contribution in [0.1, 0.15) is 67.3 Å². The van der Waals surface area contributed by atoms with E-state index in [1.165, 1.54) is 16.7 Å². The predicted octanol–water partition coefficient (Wildman–Crippen LogP) is 5.62. The number of benzene rings is 1. The Kier molecular flexibility index (Phi) is 7.50. The molecule has 0 unspecified atom stereocenters. The molecule has 1 aromatic heterocycles. The third-order valence-electron chi connectivity index (χ3n) is 8.27. The van der Waals surface area contributed by atoms with Crippen molar-refractivity contribution in [2.45, 2.75) is 57.8 Å². The molecule has 1 aromatic carbocycles. The smallest absolute Gasteiger partial charge is 0.222 e. The molecule has 186 valence electrons. The van der Waals surface area contributed by atoms with Crippen molar-refractivity contribution in [2.24, 2.45) is 11.8 Å². The number of fused-ring (bicyclic) bond motifs is 2. The molecule has 0 bridgehead atoms. The molecule has 0 saturated carbocycles. The lowest BCUT2D eigenvalue weighted by Crippen LogP contribution is -2.42. The Hall–Kier alpha value is -1.92. The lowest BCUT2D eigenvalue weighted by atomic mass is 9.76. The Balaban J connectivity index is 1.29. The summed E-state index contributed by atoms with van der Waals surface area (Å²) in [4.78, 5) is 33.6. The van der Waals surface area contributed by atoms with E-state index in [-0.39, 0.29) is 17.7 Å². The summed E-state index contributed by atoms with van der Waals surface area (Å²) in [6.07, 6.45) is 8.22. The summed E-state index contributed by atoms with van der Waals surface area (Å²) in [7, 11) is 0. The van der Waals surface area contributed by atoms with E-state index in [0.717, 1.165) is 79.9 Å². The van der Waals surface area contributed by atoms with Gasteiger partial charge in [0.2, 0.25) is 11.8 Å². The quantitative estimate of drug-likeness (QED) is 0.492. The molecule has 35 heavy (non-hydrogen) atoms. The maximum Gasteiger partial charge on any atom is 0.222 e. The lowest BCUT2D eigenvalue weighted by Gasteiger charge is -2.38. The number of halogens is 2. The summed E-state index contributed by atoms with van der Waals surface area (Å²) in [5.41, 5.74) is 5.02. The van der Waals surface area contributed by atoms with Gasteiger partial charge in [0.05, 0.1) is 5.69 Å². The van der Waals surface area contributed by atoms with Gasteiger partial charge in [-0.2, -0.15) is 0 Å². The van der Waals surface area contributed by atoms with Crippen molar-refractivity contribution in [2.75, 3.05) is 26.2 Å². The topological polar surface area (TPSA) is 53.5 Å². The predicted molar refractivity (Wildman–Crippen MR) is 142 cm³/mol. The highest BCUT2D eigenvalue weighted by atomic mass is 79.9. The fourth-order valence-electron chi connectivity index (χ4n) is 6.30. The van der Waals surface area contributed by atoms with E-state index >= 15 is 0 Å². The Bertz CT molecular complexity index is 1110. The number of piperidine rings is 2. The largest absolute Gasteiger partial charge is 0.343 e. The molecule has 0 N–H and O–H groups in total. The number of hydrogen-bond donors (Lipinski definition) is 0. The third-order valence-corrected chi connectivity index (χ3v) is 9.03. The van der Waals surface area contributed by atoms with Crippen molar-refractivity contribution < 1.29 is 9.59 Å². The Morgan fingerprint density at radius 2 is 1.71 bits per heavy atom. The third kappa shape index (κ3) is 5.29. The number of pyridine rings is 1. The number of aromatic nitrogens is 1. The van der Waals surface area contributed by atoms with E-state index in [2.05, 4.69) is 39.0 Å². The zero-order valence-electron chi connectivity index (χ0n) is 20.3. The fourth-order valence-corrected chi connectivity index (χ4v) is 6.99. The standard InChI is InChI=1S/C28H33BrClN3O2/c1-18(34)32-11-7-19(8-12-32)15-25(35)33-13-9-21(10-14-33)27-26-20(3-2-4-24(26)30)5-6-22-16-23(29)17-31-28(22)27/h2-4,16-17,19,21,27H,5-15H2,1H3/t27-/m1/s1. The van der Waals surface area contributed by atoms with E-state index in [9.17, 15) is 9.59 Å². The van der Waals surface area contributed by atoms with Gasteiger partial charge in [-0.1, -0.05) is 23.7 Å². The first kappa shape index (κ1) is 24.8. The first-order valence-electron chi connectivity index (χ1n) is 12.9. The highest BCUT2D eigenvalue weighted by molar-refractivity contribution is 9.10. The molecule has 0 spiro atoms. The molecule has 7 heteroatoms. The van der Waals surface area contributed by atoms with Crippen LogP contribution in [-0.2, 0) is 22.4 Å². The number of rotatable bonds is 3. The van der Waals surface area contributed by atoms with Gasteiger partial charge in [0.15, 0.2) is 0 Å². The summed E-state index contributed by atoms with van der Waals surface area (Å²) < 4.78 is 1.02. The average Bonchev–Trinajstić information content (AvgIpc) is 3.02. The van der Waals surface area contributed by atoms with Crippen LogP contribution in [-0.4, -0.2) is 52.8 Å². The summed E-state index contributed by atoms with van der Waals surface area (Å²) in [5.74, 6) is 1.37. The number of nitrogens with zero attached hydrogens (tertiary/aromatic N) is 3. The van der Waals surface area contributed by atoms with E-state index in [1.54, 1.807) is 6.92 Å². The molecule has 3 aliphatic rings. The van der Waals surface area contributed by atoms with Crippen LogP contribution in [0, 0.1) is 11.8 Å². The molecule has 1 aliphatic carbocycles. The van der Waals surface area contributed by atoms with E-state index in [1.807, 2.05) is 17.2 Å². The molecule has 5 nitrogen and oxygen atoms in total. The monoisotopic (exact) mass is 557 g/mol. The fraction of sp³-hybridized carbons (Fsp3) is 0.536. The minimum Gasteiger partial charge on any atom is -0.343 e. The Morgan fingerprint density at radius 1 is 1.03 bits per heavy atom. The molecule has 2 saturated heterocycles. The van der Waals surface area contributed by atoms with Gasteiger partial charge in [-0.3, -0.25) is 14.6 Å². The highest BCUT2D eigenvalue weighted by Crippen LogP contribution is 2.45. The van der Waals surface area contributed by atoms with Crippen LogP contribution in [0.4, 0.5) is 0 Å². The zero-order valence-corrected chi connectivity index (χ0v) is 22.7. The molecule has 3 heterocycles. The van der Waals surface area contributed by atoms with Gasteiger partial charge >= 0.3 is 0 Å². The highest BCUT2D eigenvalue weighted by Gasteiger charge is 2.36. The normalized spacial score (nSPS) is 21.3. The van der Waals surface area contributed by atoms with Crippen molar-refractivity contribution in [3.05, 3.63) is 62.3 Å². The summed E-state index contributed by atoms with van der Waals surface area (Å²) in [5, 5.41) is 0.834. The molecule has 1 atom stereocenters. The minimum atomic E-state index is 0.139. The average molecular weight is 559 g/mol. The number of carbonyl (C=O) groups excluding carboxylic acids is 2. The van der Waals surface area contributed by atoms with Crippen molar-refractivity contribution in [1.82, 2.24) is 14.8 Å². The molecule has 0 radical (unpaired) electrons. The number of hydrogen-bond acceptors (Lipinski definition) is 3. The first-order chi connectivity index (χ1) is 16.9. The molecule has 5 rings (SSSR count). The van der Waals surface area contributed by atoms with Crippen LogP contribution in [0.2, 0.25) is 5.02 Å². The molecule has 2 amide bonds. The van der Waals surface area contributed by atoms with E-state index in [0.29, 0.717) is 18.3 Å². The maximum absolute atomic E-state index is 13.1. The number of carbonyl (C=O) groups is 2. The molecule has 2 aromatic rings. The molecular formula is C28H33BrClN3O2. The maximum atomic E-state index is 13.1. The molecule has 2 aliphatic heterocycles. The Morgan fingerprint density at radius 3 is 2.43 bits per heavy atom. The van der Waals surface area contributed by atoms with Crippen LogP contribution in [0.25, 0.3) is 0 Å². The number of aryl methyl sites for hydroxylation is 2. The van der Waals surface area contributed by atoms with Crippen LogP contribution < -0.4 is 0 Å². The van der Waals surface area contributed by atoms with E-state index < -0.39 is 0 Å². The van der Waals surface area contributed by atoms with Crippen LogP contribution in [0.5, 0.6) is 0 Å². The van der Waals surface area contributed by atoms with Crippen LogP contribution in [0.3, 0.4) is 0 Å². The molecular weight excluding hydrogens is 526 g/mol. The van der Waals surface area contributed by atoms with Crippen LogP contribution in [0.15, 0.2) is 34.9 Å². The second kappa shape index (κ2) is 10.6. The van der Waals surface area contributed by atoms with Crippen molar-refractivity contribution in [3.8, 4) is 0 Å². The van der Waals surface area contributed by atoms with Gasteiger partial charge < -0.3 is 9.80 Å². The second-order valence-corrected chi connectivity index (χ2v) is 11.7. The summed E-state index contributed by atoms with van der Waals surface area (Å²) >= 11 is 10.4. The summed E-state index contributed by atoms with van der Waals surface area (Å²) in [6.45, 7) is 4.76. The van der Waals surface area contributed by atoms with Gasteiger partial charge in [-0.25, -0.2) is 0 Å². The van der Waals surface area contributed by atoms with Crippen molar-refractivity contribution >= 4 is 39.3 Å². The van der Waals surface area contributed by atoms with Gasteiger partial charge in [0, 0.05) is 61.1 Å². The summed E-state index contributed by atoms with van der Waals surface area (Å²) in [6, 6.07) is 8.49. The van der Waals surface area contributed by atoms with Crippen LogP contribution >= 0.6 is 27.5 Å². The van der Waals surface area contributed by atoms with Gasteiger partial charge in [-0.15, -0.1) is 0 Å². The SMILES string of the molecule is CC(=O)N1CCC(CC(=O)N2CCC([C@H]3c4ncc(Br)cc4CCc4cccc(Cl)c43)CC2)CC1. The lowest BCUT2D eigenvalue weighted by molar-refractivity contribution is -0.134. The minimum absolute atomic E-state index is 0.139. The second-order valence-electron chi connectivity index (χ2n) is 10.4. The Labute approximate surface area is 221 Å². The van der Waals surface area contributed by atoms with Gasteiger partial charge in [0.1, 0.15) is 0 Å². The molecule has 2 fully saturated rings. The first-order valence-corrected chi connectivity index (χ1v) is 14.0. The van der Waals surface area contributed by atoms with Gasteiger partial charge in [0.25, 0.3) is 0 Å². The number of amides is 2. The van der Waals surface area contributed by atoms with Crippen molar-refractivity contribution in [3.63, 3.8) is 0 Å². The van der Waals surface area contributed by atoms with E-state index in [4.69, 9.17) is 16.6 Å². The van der Waals surface area contributed by atoms with Crippen molar-refractivity contribution in [1.29, 1.82) is 0 Å².